The number of carbonyl (C=O) groups excluding carboxylic acids is 1. The first-order chi connectivity index (χ1) is 13.6. The molecule has 3 rings (SSSR count). The van der Waals surface area contributed by atoms with Gasteiger partial charge >= 0.3 is 0 Å². The van der Waals surface area contributed by atoms with Gasteiger partial charge in [-0.1, -0.05) is 48.5 Å². The largest absolute Gasteiger partial charge is 0.492 e. The summed E-state index contributed by atoms with van der Waals surface area (Å²) in [5.41, 5.74) is 0.986. The van der Waals surface area contributed by atoms with E-state index in [2.05, 4.69) is 5.10 Å². The second kappa shape index (κ2) is 8.99. The van der Waals surface area contributed by atoms with Gasteiger partial charge in [-0.05, 0) is 30.7 Å². The number of hydrogen-bond donors (Lipinski definition) is 0. The molecule has 0 saturated heterocycles. The van der Waals surface area contributed by atoms with Gasteiger partial charge in [-0.15, -0.1) is 0 Å². The Hall–Kier alpha value is -3.41. The van der Waals surface area contributed by atoms with Crippen LogP contribution in [0.1, 0.15) is 29.0 Å². The third kappa shape index (κ3) is 4.65. The normalized spacial score (nSPS) is 11.6. The van der Waals surface area contributed by atoms with E-state index in [1.165, 1.54) is 16.8 Å². The van der Waals surface area contributed by atoms with Gasteiger partial charge in [0.05, 0.1) is 12.6 Å². The minimum Gasteiger partial charge on any atom is -0.492 e. The molecular formula is C22H23N3O3. The minimum absolute atomic E-state index is 0.114. The summed E-state index contributed by atoms with van der Waals surface area (Å²) < 4.78 is 6.87. The minimum atomic E-state index is -0.271. The fourth-order valence-corrected chi connectivity index (χ4v) is 2.80. The van der Waals surface area contributed by atoms with Crippen LogP contribution in [0.15, 0.2) is 77.6 Å². The lowest BCUT2D eigenvalue weighted by molar-refractivity contribution is 0.0733. The summed E-state index contributed by atoms with van der Waals surface area (Å²) in [6, 6.07) is 21.8. The van der Waals surface area contributed by atoms with Crippen LogP contribution in [0.3, 0.4) is 0 Å². The van der Waals surface area contributed by atoms with Gasteiger partial charge in [0.2, 0.25) is 0 Å². The molecule has 6 heteroatoms. The Labute approximate surface area is 164 Å². The van der Waals surface area contributed by atoms with E-state index in [9.17, 15) is 9.59 Å². The summed E-state index contributed by atoms with van der Waals surface area (Å²) in [5.74, 6) is 0.480. The summed E-state index contributed by atoms with van der Waals surface area (Å²) in [6.45, 7) is 2.49. The molecule has 6 nitrogen and oxygen atoms in total. The average Bonchev–Trinajstić information content (AvgIpc) is 2.75. The van der Waals surface area contributed by atoms with E-state index in [0.29, 0.717) is 0 Å². The summed E-state index contributed by atoms with van der Waals surface area (Å²) in [5, 5.41) is 4.23. The van der Waals surface area contributed by atoms with Crippen LogP contribution in [0.25, 0.3) is 0 Å². The van der Waals surface area contributed by atoms with Gasteiger partial charge in [0.25, 0.3) is 11.5 Å². The topological polar surface area (TPSA) is 64.4 Å². The van der Waals surface area contributed by atoms with Crippen molar-refractivity contribution in [1.82, 2.24) is 14.7 Å². The van der Waals surface area contributed by atoms with Crippen molar-refractivity contribution in [3.8, 4) is 5.75 Å². The van der Waals surface area contributed by atoms with Gasteiger partial charge in [0, 0.05) is 13.1 Å². The van der Waals surface area contributed by atoms with Gasteiger partial charge in [0.15, 0.2) is 0 Å². The molecule has 144 valence electrons. The molecule has 0 aliphatic rings. The van der Waals surface area contributed by atoms with Crippen molar-refractivity contribution < 1.29 is 9.53 Å². The summed E-state index contributed by atoms with van der Waals surface area (Å²) in [4.78, 5) is 26.5. The number of amides is 1. The maximum Gasteiger partial charge on any atom is 0.274 e. The van der Waals surface area contributed by atoms with Gasteiger partial charge in [0.1, 0.15) is 18.1 Å². The van der Waals surface area contributed by atoms with E-state index in [4.69, 9.17) is 4.74 Å². The number of rotatable bonds is 7. The Bertz CT molecular complexity index is 971. The molecule has 0 unspecified atom stereocenters. The highest BCUT2D eigenvalue weighted by Gasteiger charge is 2.20. The quantitative estimate of drug-likeness (QED) is 0.634. The molecule has 1 amide bonds. The van der Waals surface area contributed by atoms with Crippen LogP contribution in [-0.2, 0) is 6.54 Å². The first kappa shape index (κ1) is 19.4. The van der Waals surface area contributed by atoms with Crippen molar-refractivity contribution in [1.29, 1.82) is 0 Å². The van der Waals surface area contributed by atoms with Crippen molar-refractivity contribution in [3.05, 3.63) is 94.4 Å². The Kier molecular flexibility index (Phi) is 6.22. The first-order valence-corrected chi connectivity index (χ1v) is 9.14. The number of carbonyl (C=O) groups is 1. The number of aromatic nitrogens is 2. The fourth-order valence-electron chi connectivity index (χ4n) is 2.80. The maximum atomic E-state index is 12.8. The van der Waals surface area contributed by atoms with E-state index >= 15 is 0 Å². The van der Waals surface area contributed by atoms with Crippen molar-refractivity contribution in [2.24, 2.45) is 0 Å². The third-order valence-corrected chi connectivity index (χ3v) is 4.58. The standard InChI is InChI=1S/C22H23N3O3/c1-17(18-9-5-3-6-10-18)24(2)22(27)20-13-14-21(26)25(23-20)15-16-28-19-11-7-4-8-12-19/h3-14,17H,15-16H2,1-2H3/t17-/m1/s1. The Morgan fingerprint density at radius 1 is 1.04 bits per heavy atom. The van der Waals surface area contributed by atoms with Crippen LogP contribution >= 0.6 is 0 Å². The molecule has 0 aliphatic heterocycles. The molecule has 0 N–H and O–H groups in total. The van der Waals surface area contributed by atoms with E-state index in [1.54, 1.807) is 11.9 Å². The maximum absolute atomic E-state index is 12.8. The second-order valence-electron chi connectivity index (χ2n) is 6.44. The van der Waals surface area contributed by atoms with E-state index in [0.717, 1.165) is 11.3 Å². The second-order valence-corrected chi connectivity index (χ2v) is 6.44. The molecule has 3 aromatic rings. The van der Waals surface area contributed by atoms with Crippen molar-refractivity contribution in [3.63, 3.8) is 0 Å². The highest BCUT2D eigenvalue weighted by Crippen LogP contribution is 2.19. The number of para-hydroxylation sites is 1. The van der Waals surface area contributed by atoms with Gasteiger partial charge in [-0.25, -0.2) is 4.68 Å². The molecule has 0 saturated carbocycles. The lowest BCUT2D eigenvalue weighted by atomic mass is 10.1. The highest BCUT2D eigenvalue weighted by atomic mass is 16.5. The molecule has 1 heterocycles. The summed E-state index contributed by atoms with van der Waals surface area (Å²) in [7, 11) is 1.73. The third-order valence-electron chi connectivity index (χ3n) is 4.58. The average molecular weight is 377 g/mol. The number of benzene rings is 2. The smallest absolute Gasteiger partial charge is 0.274 e. The molecule has 0 aliphatic carbocycles. The van der Waals surface area contributed by atoms with Gasteiger partial charge in [-0.2, -0.15) is 5.10 Å². The molecule has 0 spiro atoms. The molecular weight excluding hydrogens is 354 g/mol. The predicted octanol–water partition coefficient (Wildman–Crippen LogP) is 3.16. The van der Waals surface area contributed by atoms with E-state index < -0.39 is 0 Å². The molecule has 0 bridgehead atoms. The number of ether oxygens (including phenoxy) is 1. The monoisotopic (exact) mass is 377 g/mol. The number of hydrogen-bond acceptors (Lipinski definition) is 4. The fraction of sp³-hybridized carbons (Fsp3) is 0.227. The molecule has 0 radical (unpaired) electrons. The van der Waals surface area contributed by atoms with E-state index in [-0.39, 0.29) is 36.4 Å². The lowest BCUT2D eigenvalue weighted by Gasteiger charge is -2.25. The molecule has 0 fully saturated rings. The summed E-state index contributed by atoms with van der Waals surface area (Å²) >= 11 is 0. The van der Waals surface area contributed by atoms with Crippen molar-refractivity contribution in [2.75, 3.05) is 13.7 Å². The zero-order valence-electron chi connectivity index (χ0n) is 16.0. The van der Waals surface area contributed by atoms with Crippen LogP contribution < -0.4 is 10.3 Å². The zero-order chi connectivity index (χ0) is 19.9. The Morgan fingerprint density at radius 2 is 1.68 bits per heavy atom. The van der Waals surface area contributed by atoms with Gasteiger partial charge in [-0.3, -0.25) is 9.59 Å². The summed E-state index contributed by atoms with van der Waals surface area (Å²) in [6.07, 6.45) is 0. The van der Waals surface area contributed by atoms with E-state index in [1.807, 2.05) is 67.6 Å². The molecule has 2 aromatic carbocycles. The Balaban J connectivity index is 1.69. The van der Waals surface area contributed by atoms with Gasteiger partial charge < -0.3 is 9.64 Å². The van der Waals surface area contributed by atoms with Crippen molar-refractivity contribution >= 4 is 5.91 Å². The van der Waals surface area contributed by atoms with Crippen LogP contribution in [0.2, 0.25) is 0 Å². The van der Waals surface area contributed by atoms with Crippen LogP contribution in [0.5, 0.6) is 5.75 Å². The molecule has 1 atom stereocenters. The molecule has 28 heavy (non-hydrogen) atoms. The first-order valence-electron chi connectivity index (χ1n) is 9.14. The SMILES string of the molecule is C[C@H](c1ccccc1)N(C)C(=O)c1ccc(=O)n(CCOc2ccccc2)n1. The predicted molar refractivity (Wildman–Crippen MR) is 107 cm³/mol. The molecule has 1 aromatic heterocycles. The highest BCUT2D eigenvalue weighted by molar-refractivity contribution is 5.92. The van der Waals surface area contributed by atoms with Crippen molar-refractivity contribution in [2.45, 2.75) is 19.5 Å². The van der Waals surface area contributed by atoms with Crippen LogP contribution in [-0.4, -0.2) is 34.2 Å². The Morgan fingerprint density at radius 3 is 2.36 bits per heavy atom. The number of nitrogens with zero attached hydrogens (tertiary/aromatic N) is 3. The zero-order valence-corrected chi connectivity index (χ0v) is 16.0. The lowest BCUT2D eigenvalue weighted by Crippen LogP contribution is -2.33. The van der Waals surface area contributed by atoms with Crippen LogP contribution in [0.4, 0.5) is 0 Å². The van der Waals surface area contributed by atoms with Crippen LogP contribution in [0, 0.1) is 0 Å².